The molecule has 0 radical (unpaired) electrons. The van der Waals surface area contributed by atoms with Crippen molar-refractivity contribution in [1.29, 1.82) is 0 Å². The number of fused-ring (bicyclic) bond motifs is 1. The van der Waals surface area contributed by atoms with Gasteiger partial charge >= 0.3 is 0 Å². The van der Waals surface area contributed by atoms with Crippen LogP contribution in [0.3, 0.4) is 0 Å². The van der Waals surface area contributed by atoms with Gasteiger partial charge in [0, 0.05) is 12.3 Å². The molecule has 0 saturated heterocycles. The SMILES string of the molecule is CCN(CC)CCSc1nc2ccccc2c(=O)n1-c1ccccc1C. The highest BCUT2D eigenvalue weighted by Gasteiger charge is 2.14. The maximum atomic E-state index is 13.2. The van der Waals surface area contributed by atoms with Crippen LogP contribution in [0.5, 0.6) is 0 Å². The molecule has 26 heavy (non-hydrogen) atoms. The number of aryl methyl sites for hydroxylation is 1. The Bertz CT molecular complexity index is 947. The minimum absolute atomic E-state index is 0.00441. The summed E-state index contributed by atoms with van der Waals surface area (Å²) >= 11 is 1.65. The highest BCUT2D eigenvalue weighted by Crippen LogP contribution is 2.23. The molecule has 0 saturated carbocycles. The maximum Gasteiger partial charge on any atom is 0.266 e. The van der Waals surface area contributed by atoms with Crippen LogP contribution in [0, 0.1) is 6.92 Å². The number of hydrogen-bond acceptors (Lipinski definition) is 4. The molecule has 0 aliphatic carbocycles. The van der Waals surface area contributed by atoms with Gasteiger partial charge in [-0.3, -0.25) is 9.36 Å². The highest BCUT2D eigenvalue weighted by atomic mass is 32.2. The van der Waals surface area contributed by atoms with Gasteiger partial charge in [-0.15, -0.1) is 0 Å². The van der Waals surface area contributed by atoms with Gasteiger partial charge in [-0.05, 0) is 43.8 Å². The van der Waals surface area contributed by atoms with Crippen molar-refractivity contribution in [1.82, 2.24) is 14.5 Å². The first-order valence-corrected chi connectivity index (χ1v) is 10.1. The molecule has 0 atom stereocenters. The van der Waals surface area contributed by atoms with E-state index in [0.29, 0.717) is 5.39 Å². The fourth-order valence-electron chi connectivity index (χ4n) is 3.04. The van der Waals surface area contributed by atoms with Crippen LogP contribution in [0.15, 0.2) is 58.5 Å². The molecule has 136 valence electrons. The minimum Gasteiger partial charge on any atom is -0.303 e. The Balaban J connectivity index is 2.07. The normalized spacial score (nSPS) is 11.4. The average molecular weight is 368 g/mol. The summed E-state index contributed by atoms with van der Waals surface area (Å²) in [5, 5.41) is 1.42. The molecule has 0 N–H and O–H groups in total. The Kier molecular flexibility index (Phi) is 6.12. The Hall–Kier alpha value is -2.11. The summed E-state index contributed by atoms with van der Waals surface area (Å²) in [6.07, 6.45) is 0. The van der Waals surface area contributed by atoms with Crippen LogP contribution in [0.2, 0.25) is 0 Å². The number of benzene rings is 2. The topological polar surface area (TPSA) is 38.1 Å². The number of rotatable bonds is 7. The number of para-hydroxylation sites is 2. The zero-order chi connectivity index (χ0) is 18.5. The van der Waals surface area contributed by atoms with Crippen molar-refractivity contribution in [2.45, 2.75) is 25.9 Å². The van der Waals surface area contributed by atoms with Crippen LogP contribution in [0.4, 0.5) is 0 Å². The molecule has 1 heterocycles. The molecule has 0 unspecified atom stereocenters. The van der Waals surface area contributed by atoms with Crippen molar-refractivity contribution in [2.24, 2.45) is 0 Å². The lowest BCUT2D eigenvalue weighted by Gasteiger charge is -2.19. The molecule has 0 bridgehead atoms. The fraction of sp³-hybridized carbons (Fsp3) is 0.333. The number of thioether (sulfide) groups is 1. The monoisotopic (exact) mass is 367 g/mol. The van der Waals surface area contributed by atoms with Crippen molar-refractivity contribution in [3.05, 3.63) is 64.4 Å². The third-order valence-corrected chi connectivity index (χ3v) is 5.55. The van der Waals surface area contributed by atoms with Crippen molar-refractivity contribution >= 4 is 22.7 Å². The van der Waals surface area contributed by atoms with E-state index in [1.165, 1.54) is 0 Å². The highest BCUT2D eigenvalue weighted by molar-refractivity contribution is 7.99. The summed E-state index contributed by atoms with van der Waals surface area (Å²) in [7, 11) is 0. The number of aromatic nitrogens is 2. The fourth-order valence-corrected chi connectivity index (χ4v) is 4.05. The summed E-state index contributed by atoms with van der Waals surface area (Å²) in [4.78, 5) is 20.4. The van der Waals surface area contributed by atoms with Crippen molar-refractivity contribution in [3.63, 3.8) is 0 Å². The van der Waals surface area contributed by atoms with Crippen LogP contribution in [-0.2, 0) is 0 Å². The van der Waals surface area contributed by atoms with Gasteiger partial charge in [0.15, 0.2) is 5.16 Å². The minimum atomic E-state index is -0.00441. The van der Waals surface area contributed by atoms with E-state index in [9.17, 15) is 4.79 Å². The van der Waals surface area contributed by atoms with Crippen LogP contribution >= 0.6 is 11.8 Å². The molecule has 3 rings (SSSR count). The quantitative estimate of drug-likeness (QED) is 0.465. The zero-order valence-electron chi connectivity index (χ0n) is 15.6. The van der Waals surface area contributed by atoms with Gasteiger partial charge in [0.25, 0.3) is 5.56 Å². The second-order valence-corrected chi connectivity index (χ2v) is 7.28. The van der Waals surface area contributed by atoms with E-state index in [0.717, 1.165) is 47.3 Å². The standard InChI is InChI=1S/C21H25N3OS/c1-4-23(5-2)14-15-26-21-22-18-12-8-7-11-17(18)20(25)24(21)19-13-9-6-10-16(19)3/h6-13H,4-5,14-15H2,1-3H3. The molecular formula is C21H25N3OS. The van der Waals surface area contributed by atoms with Gasteiger partial charge in [0.1, 0.15) is 0 Å². The Morgan fingerprint density at radius 3 is 2.46 bits per heavy atom. The Labute approximate surface area is 158 Å². The number of hydrogen-bond donors (Lipinski definition) is 0. The predicted molar refractivity (Wildman–Crippen MR) is 111 cm³/mol. The van der Waals surface area contributed by atoms with E-state index in [4.69, 9.17) is 4.98 Å². The lowest BCUT2D eigenvalue weighted by Crippen LogP contribution is -2.26. The van der Waals surface area contributed by atoms with E-state index >= 15 is 0 Å². The van der Waals surface area contributed by atoms with Crippen LogP contribution < -0.4 is 5.56 Å². The average Bonchev–Trinajstić information content (AvgIpc) is 2.66. The van der Waals surface area contributed by atoms with Crippen molar-refractivity contribution in [2.75, 3.05) is 25.4 Å². The molecule has 4 nitrogen and oxygen atoms in total. The third-order valence-electron chi connectivity index (χ3n) is 4.63. The molecule has 0 spiro atoms. The van der Waals surface area contributed by atoms with Gasteiger partial charge < -0.3 is 4.90 Å². The van der Waals surface area contributed by atoms with E-state index in [1.807, 2.05) is 55.5 Å². The van der Waals surface area contributed by atoms with Crippen LogP contribution in [-0.4, -0.2) is 39.8 Å². The van der Waals surface area contributed by atoms with Gasteiger partial charge in [0.05, 0.1) is 16.6 Å². The molecule has 0 fully saturated rings. The summed E-state index contributed by atoms with van der Waals surface area (Å²) in [6.45, 7) is 9.42. The summed E-state index contributed by atoms with van der Waals surface area (Å²) in [5.41, 5.74) is 2.72. The predicted octanol–water partition coefficient (Wildman–Crippen LogP) is 4.13. The first kappa shape index (κ1) is 18.7. The molecule has 3 aromatic rings. The van der Waals surface area contributed by atoms with Crippen molar-refractivity contribution < 1.29 is 0 Å². The lowest BCUT2D eigenvalue weighted by molar-refractivity contribution is 0.324. The summed E-state index contributed by atoms with van der Waals surface area (Å²) in [6, 6.07) is 15.6. The lowest BCUT2D eigenvalue weighted by atomic mass is 10.2. The summed E-state index contributed by atoms with van der Waals surface area (Å²) in [5.74, 6) is 0.901. The van der Waals surface area contributed by atoms with Crippen LogP contribution in [0.25, 0.3) is 16.6 Å². The van der Waals surface area contributed by atoms with E-state index < -0.39 is 0 Å². The van der Waals surface area contributed by atoms with Gasteiger partial charge in [-0.2, -0.15) is 0 Å². The number of nitrogens with zero attached hydrogens (tertiary/aromatic N) is 3. The third kappa shape index (κ3) is 3.84. The first-order valence-electron chi connectivity index (χ1n) is 9.08. The summed E-state index contributed by atoms with van der Waals surface area (Å²) < 4.78 is 1.77. The second-order valence-electron chi connectivity index (χ2n) is 6.21. The van der Waals surface area contributed by atoms with Gasteiger partial charge in [0.2, 0.25) is 0 Å². The van der Waals surface area contributed by atoms with E-state index in [-0.39, 0.29) is 5.56 Å². The molecule has 1 aromatic heterocycles. The molecule has 0 amide bonds. The maximum absolute atomic E-state index is 13.2. The molecule has 2 aromatic carbocycles. The molecule has 0 aliphatic rings. The van der Waals surface area contributed by atoms with Crippen molar-refractivity contribution in [3.8, 4) is 5.69 Å². The molecule has 0 aliphatic heterocycles. The second kappa shape index (κ2) is 8.52. The van der Waals surface area contributed by atoms with Gasteiger partial charge in [-0.25, -0.2) is 4.98 Å². The Morgan fingerprint density at radius 2 is 1.73 bits per heavy atom. The van der Waals surface area contributed by atoms with Crippen LogP contribution in [0.1, 0.15) is 19.4 Å². The molecular weight excluding hydrogens is 342 g/mol. The van der Waals surface area contributed by atoms with E-state index in [1.54, 1.807) is 16.3 Å². The largest absolute Gasteiger partial charge is 0.303 e. The smallest absolute Gasteiger partial charge is 0.266 e. The van der Waals surface area contributed by atoms with Gasteiger partial charge in [-0.1, -0.05) is 55.9 Å². The van der Waals surface area contributed by atoms with E-state index in [2.05, 4.69) is 18.7 Å². The molecule has 5 heteroatoms. The zero-order valence-corrected chi connectivity index (χ0v) is 16.4. The first-order chi connectivity index (χ1) is 12.7. The Morgan fingerprint density at radius 1 is 1.04 bits per heavy atom.